The summed E-state index contributed by atoms with van der Waals surface area (Å²) in [5, 5.41) is 0.244. The van der Waals surface area contributed by atoms with Gasteiger partial charge in [0.25, 0.3) is 0 Å². The van der Waals surface area contributed by atoms with Crippen molar-refractivity contribution in [3.05, 3.63) is 64.4 Å². The molecule has 0 aliphatic rings. The number of aryl methyl sites for hydroxylation is 1. The number of hydrogen-bond acceptors (Lipinski definition) is 1. The van der Waals surface area contributed by atoms with Crippen molar-refractivity contribution in [2.24, 2.45) is 0 Å². The first-order valence-corrected chi connectivity index (χ1v) is 6.94. The molecule has 0 spiro atoms. The summed E-state index contributed by atoms with van der Waals surface area (Å²) < 4.78 is 55.7. The number of rotatable bonds is 5. The van der Waals surface area contributed by atoms with Crippen molar-refractivity contribution < 1.29 is 22.3 Å². The zero-order valence-corrected chi connectivity index (χ0v) is 12.2. The van der Waals surface area contributed by atoms with Crippen LogP contribution >= 0.6 is 11.6 Å². The van der Waals surface area contributed by atoms with Gasteiger partial charge in [0.05, 0.1) is 5.02 Å². The zero-order chi connectivity index (χ0) is 16.2. The SMILES string of the molecule is Fc1cccc(Cl)c1COc1cccc(CCC(F)(F)F)c1. The number of alkyl halides is 3. The molecule has 118 valence electrons. The van der Waals surface area contributed by atoms with Crippen LogP contribution in [0.5, 0.6) is 5.75 Å². The Morgan fingerprint density at radius 1 is 1.05 bits per heavy atom. The molecule has 0 unspecified atom stereocenters. The largest absolute Gasteiger partial charge is 0.489 e. The Morgan fingerprint density at radius 2 is 1.77 bits per heavy atom. The predicted molar refractivity (Wildman–Crippen MR) is 76.6 cm³/mol. The second-order valence-electron chi connectivity index (χ2n) is 4.75. The summed E-state index contributed by atoms with van der Waals surface area (Å²) in [7, 11) is 0. The first kappa shape index (κ1) is 16.6. The van der Waals surface area contributed by atoms with Gasteiger partial charge in [-0.3, -0.25) is 0 Å². The monoisotopic (exact) mass is 332 g/mol. The van der Waals surface area contributed by atoms with Crippen LogP contribution in [0.2, 0.25) is 5.02 Å². The molecule has 1 nitrogen and oxygen atoms in total. The molecule has 0 heterocycles. The lowest BCUT2D eigenvalue weighted by atomic mass is 10.1. The summed E-state index contributed by atoms with van der Waals surface area (Å²) in [6, 6.07) is 10.6. The molecule has 0 radical (unpaired) electrons. The first-order chi connectivity index (χ1) is 10.3. The molecule has 0 saturated carbocycles. The highest BCUT2D eigenvalue weighted by Gasteiger charge is 2.26. The van der Waals surface area contributed by atoms with Gasteiger partial charge in [-0.25, -0.2) is 4.39 Å². The molecule has 0 bridgehead atoms. The van der Waals surface area contributed by atoms with Gasteiger partial charge >= 0.3 is 6.18 Å². The highest BCUT2D eigenvalue weighted by molar-refractivity contribution is 6.31. The van der Waals surface area contributed by atoms with E-state index in [1.54, 1.807) is 24.3 Å². The van der Waals surface area contributed by atoms with Crippen LogP contribution in [0, 0.1) is 5.82 Å². The van der Waals surface area contributed by atoms with Crippen molar-refractivity contribution >= 4 is 11.6 Å². The second-order valence-corrected chi connectivity index (χ2v) is 5.16. The van der Waals surface area contributed by atoms with Crippen LogP contribution in [-0.4, -0.2) is 6.18 Å². The summed E-state index contributed by atoms with van der Waals surface area (Å²) in [5.74, 6) is -0.111. The summed E-state index contributed by atoms with van der Waals surface area (Å²) in [5.41, 5.74) is 0.722. The molecule has 0 aromatic heterocycles. The van der Waals surface area contributed by atoms with Crippen LogP contribution in [0.15, 0.2) is 42.5 Å². The minimum atomic E-state index is -4.20. The highest BCUT2D eigenvalue weighted by atomic mass is 35.5. The summed E-state index contributed by atoms with van der Waals surface area (Å²) in [4.78, 5) is 0. The van der Waals surface area contributed by atoms with E-state index in [2.05, 4.69) is 0 Å². The van der Waals surface area contributed by atoms with E-state index in [1.807, 2.05) is 0 Å². The van der Waals surface area contributed by atoms with E-state index in [0.717, 1.165) is 0 Å². The van der Waals surface area contributed by atoms with Crippen molar-refractivity contribution in [2.75, 3.05) is 0 Å². The van der Waals surface area contributed by atoms with E-state index in [-0.39, 0.29) is 23.6 Å². The van der Waals surface area contributed by atoms with Gasteiger partial charge in [-0.2, -0.15) is 13.2 Å². The first-order valence-electron chi connectivity index (χ1n) is 6.56. The maximum absolute atomic E-state index is 13.6. The van der Waals surface area contributed by atoms with Crippen LogP contribution in [0.4, 0.5) is 17.6 Å². The maximum atomic E-state index is 13.6. The highest BCUT2D eigenvalue weighted by Crippen LogP contribution is 2.25. The number of halogens is 5. The van der Waals surface area contributed by atoms with Gasteiger partial charge in [0.15, 0.2) is 0 Å². The van der Waals surface area contributed by atoms with Crippen molar-refractivity contribution in [1.82, 2.24) is 0 Å². The summed E-state index contributed by atoms with van der Waals surface area (Å²) in [6.07, 6.45) is -5.21. The van der Waals surface area contributed by atoms with E-state index < -0.39 is 18.4 Å². The van der Waals surface area contributed by atoms with Gasteiger partial charge in [-0.1, -0.05) is 29.8 Å². The van der Waals surface area contributed by atoms with E-state index in [9.17, 15) is 17.6 Å². The van der Waals surface area contributed by atoms with Gasteiger partial charge in [0, 0.05) is 12.0 Å². The average molecular weight is 333 g/mol. The Morgan fingerprint density at radius 3 is 2.45 bits per heavy atom. The fourth-order valence-corrected chi connectivity index (χ4v) is 2.12. The molecule has 0 aliphatic carbocycles. The number of ether oxygens (including phenoxy) is 1. The molecule has 2 rings (SSSR count). The van der Waals surface area contributed by atoms with Crippen LogP contribution in [0.3, 0.4) is 0 Å². The van der Waals surface area contributed by atoms with Crippen LogP contribution < -0.4 is 4.74 Å². The molecule has 0 N–H and O–H groups in total. The Kier molecular flexibility index (Phi) is 5.29. The lowest BCUT2D eigenvalue weighted by Crippen LogP contribution is -2.08. The molecule has 6 heteroatoms. The molecule has 0 aliphatic heterocycles. The molecule has 2 aromatic rings. The third-order valence-electron chi connectivity index (χ3n) is 3.04. The Bertz CT molecular complexity index is 620. The lowest BCUT2D eigenvalue weighted by Gasteiger charge is -2.11. The molecular formula is C16H13ClF4O. The average Bonchev–Trinajstić information content (AvgIpc) is 2.44. The van der Waals surface area contributed by atoms with Crippen molar-refractivity contribution in [2.45, 2.75) is 25.6 Å². The Balaban J connectivity index is 2.02. The van der Waals surface area contributed by atoms with Crippen molar-refractivity contribution in [3.8, 4) is 5.75 Å². The fraction of sp³-hybridized carbons (Fsp3) is 0.250. The van der Waals surface area contributed by atoms with Crippen molar-refractivity contribution in [1.29, 1.82) is 0 Å². The topological polar surface area (TPSA) is 9.23 Å². The number of hydrogen-bond donors (Lipinski definition) is 0. The van der Waals surface area contributed by atoms with Crippen LogP contribution in [0.25, 0.3) is 0 Å². The van der Waals surface area contributed by atoms with Gasteiger partial charge in [-0.15, -0.1) is 0 Å². The zero-order valence-electron chi connectivity index (χ0n) is 11.5. The van der Waals surface area contributed by atoms with E-state index in [4.69, 9.17) is 16.3 Å². The van der Waals surface area contributed by atoms with Gasteiger partial charge in [0.1, 0.15) is 18.2 Å². The van der Waals surface area contributed by atoms with E-state index in [0.29, 0.717) is 11.3 Å². The molecule has 2 aromatic carbocycles. The Labute approximate surface area is 130 Å². The summed E-state index contributed by atoms with van der Waals surface area (Å²) in [6.45, 7) is -0.0891. The van der Waals surface area contributed by atoms with Crippen LogP contribution in [0.1, 0.15) is 17.5 Å². The van der Waals surface area contributed by atoms with Gasteiger partial charge in [-0.05, 0) is 36.2 Å². The summed E-state index contributed by atoms with van der Waals surface area (Å²) >= 11 is 5.88. The molecule has 0 amide bonds. The second kappa shape index (κ2) is 7.01. The minimum absolute atomic E-state index is 0.0891. The van der Waals surface area contributed by atoms with E-state index >= 15 is 0 Å². The normalized spacial score (nSPS) is 11.5. The van der Waals surface area contributed by atoms with Gasteiger partial charge in [0.2, 0.25) is 0 Å². The smallest absolute Gasteiger partial charge is 0.389 e. The van der Waals surface area contributed by atoms with Crippen LogP contribution in [-0.2, 0) is 13.0 Å². The predicted octanol–water partition coefficient (Wildman–Crippen LogP) is 5.55. The number of benzene rings is 2. The third kappa shape index (κ3) is 4.91. The standard InChI is InChI=1S/C16H13ClF4O/c17-14-5-2-6-15(18)13(14)10-22-12-4-1-3-11(9-12)7-8-16(19,20)21/h1-6,9H,7-8,10H2. The molecule has 22 heavy (non-hydrogen) atoms. The molecule has 0 saturated heterocycles. The maximum Gasteiger partial charge on any atom is 0.389 e. The molecule has 0 fully saturated rings. The Hall–Kier alpha value is -1.75. The van der Waals surface area contributed by atoms with Crippen molar-refractivity contribution in [3.63, 3.8) is 0 Å². The lowest BCUT2D eigenvalue weighted by molar-refractivity contribution is -0.134. The quantitative estimate of drug-likeness (QED) is 0.652. The van der Waals surface area contributed by atoms with E-state index in [1.165, 1.54) is 18.2 Å². The fourth-order valence-electron chi connectivity index (χ4n) is 1.90. The minimum Gasteiger partial charge on any atom is -0.489 e. The molecular weight excluding hydrogens is 320 g/mol. The third-order valence-corrected chi connectivity index (χ3v) is 3.39. The van der Waals surface area contributed by atoms with Gasteiger partial charge < -0.3 is 4.74 Å². The molecule has 0 atom stereocenters.